The Kier molecular flexibility index (Phi) is 5.66. The van der Waals surface area contributed by atoms with E-state index in [-0.39, 0.29) is 11.8 Å². The van der Waals surface area contributed by atoms with Crippen LogP contribution in [0.5, 0.6) is 5.75 Å². The van der Waals surface area contributed by atoms with Crippen LogP contribution < -0.4 is 10.9 Å². The molecule has 4 heteroatoms. The number of phenols is 1. The standard InChI is InChI=1S/C23H27NO3/c1-14(2)16-5-7-17(8-6-16)23(15(3)4)24-13-18-11-22(26)27-21-12-19(25)9-10-20(18)21/h5-12,14-15,23-25H,13H2,1-4H3/t23-/m1/s1. The van der Waals surface area contributed by atoms with Crippen LogP contribution in [0.2, 0.25) is 0 Å². The number of rotatable bonds is 6. The van der Waals surface area contributed by atoms with Gasteiger partial charge in [-0.15, -0.1) is 0 Å². The predicted octanol–water partition coefficient (Wildman–Crippen LogP) is 5.11. The van der Waals surface area contributed by atoms with Crippen molar-refractivity contribution in [3.8, 4) is 5.75 Å². The summed E-state index contributed by atoms with van der Waals surface area (Å²) in [4.78, 5) is 11.9. The van der Waals surface area contributed by atoms with Gasteiger partial charge >= 0.3 is 5.63 Å². The molecule has 0 radical (unpaired) electrons. The first-order valence-electron chi connectivity index (χ1n) is 9.44. The van der Waals surface area contributed by atoms with Gasteiger partial charge in [0.05, 0.1) is 0 Å². The van der Waals surface area contributed by atoms with E-state index in [1.807, 2.05) is 0 Å². The first kappa shape index (κ1) is 19.2. The topological polar surface area (TPSA) is 62.5 Å². The third-order valence-corrected chi connectivity index (χ3v) is 4.96. The number of aromatic hydroxyl groups is 1. The van der Waals surface area contributed by atoms with Gasteiger partial charge in [0, 0.05) is 30.1 Å². The van der Waals surface area contributed by atoms with E-state index in [1.54, 1.807) is 12.1 Å². The highest BCUT2D eigenvalue weighted by atomic mass is 16.4. The maximum atomic E-state index is 11.9. The number of hydrogen-bond donors (Lipinski definition) is 2. The third kappa shape index (κ3) is 4.40. The summed E-state index contributed by atoms with van der Waals surface area (Å²) in [5.41, 5.74) is 3.42. The van der Waals surface area contributed by atoms with Gasteiger partial charge in [0.15, 0.2) is 0 Å². The summed E-state index contributed by atoms with van der Waals surface area (Å²) in [5, 5.41) is 14.1. The summed E-state index contributed by atoms with van der Waals surface area (Å²) in [7, 11) is 0. The molecule has 0 saturated carbocycles. The number of phenolic OH excluding ortho intramolecular Hbond substituents is 1. The van der Waals surface area contributed by atoms with Crippen molar-refractivity contribution in [2.24, 2.45) is 5.92 Å². The minimum Gasteiger partial charge on any atom is -0.508 e. The van der Waals surface area contributed by atoms with Crippen LogP contribution in [0.15, 0.2) is 57.7 Å². The monoisotopic (exact) mass is 365 g/mol. The second-order valence-electron chi connectivity index (χ2n) is 7.70. The molecule has 0 fully saturated rings. The molecular formula is C23H27NO3. The lowest BCUT2D eigenvalue weighted by Crippen LogP contribution is -2.26. The Morgan fingerprint density at radius 1 is 0.963 bits per heavy atom. The van der Waals surface area contributed by atoms with E-state index in [4.69, 9.17) is 4.42 Å². The summed E-state index contributed by atoms with van der Waals surface area (Å²) in [6, 6.07) is 15.3. The van der Waals surface area contributed by atoms with Gasteiger partial charge in [-0.25, -0.2) is 4.79 Å². The Labute approximate surface area is 159 Å². The highest BCUT2D eigenvalue weighted by molar-refractivity contribution is 5.81. The number of nitrogens with one attached hydrogen (secondary N) is 1. The summed E-state index contributed by atoms with van der Waals surface area (Å²) in [6.45, 7) is 9.29. The van der Waals surface area contributed by atoms with Crippen molar-refractivity contribution in [3.05, 3.63) is 75.6 Å². The highest BCUT2D eigenvalue weighted by Crippen LogP contribution is 2.26. The Bertz CT molecular complexity index is 971. The SMILES string of the molecule is CC(C)c1ccc([C@H](NCc2cc(=O)oc3cc(O)ccc23)C(C)C)cc1. The van der Waals surface area contributed by atoms with E-state index in [2.05, 4.69) is 57.3 Å². The molecule has 2 N–H and O–H groups in total. The molecule has 4 nitrogen and oxygen atoms in total. The zero-order chi connectivity index (χ0) is 19.6. The van der Waals surface area contributed by atoms with Gasteiger partial charge in [-0.3, -0.25) is 0 Å². The van der Waals surface area contributed by atoms with E-state index < -0.39 is 5.63 Å². The fraction of sp³-hybridized carbons (Fsp3) is 0.348. The first-order chi connectivity index (χ1) is 12.8. The Balaban J connectivity index is 1.86. The number of fused-ring (bicyclic) bond motifs is 1. The molecular weight excluding hydrogens is 338 g/mol. The lowest BCUT2D eigenvalue weighted by Gasteiger charge is -2.24. The minimum absolute atomic E-state index is 0.0843. The zero-order valence-corrected chi connectivity index (χ0v) is 16.3. The first-order valence-corrected chi connectivity index (χ1v) is 9.44. The van der Waals surface area contributed by atoms with Gasteiger partial charge < -0.3 is 14.8 Å². The molecule has 27 heavy (non-hydrogen) atoms. The molecule has 3 rings (SSSR count). The Morgan fingerprint density at radius 3 is 2.26 bits per heavy atom. The molecule has 142 valence electrons. The third-order valence-electron chi connectivity index (χ3n) is 4.96. The fourth-order valence-corrected chi connectivity index (χ4v) is 3.41. The molecule has 2 aromatic carbocycles. The molecule has 0 saturated heterocycles. The van der Waals surface area contributed by atoms with E-state index >= 15 is 0 Å². The van der Waals surface area contributed by atoms with Crippen molar-refractivity contribution in [1.29, 1.82) is 0 Å². The van der Waals surface area contributed by atoms with Crippen molar-refractivity contribution in [2.75, 3.05) is 0 Å². The average molecular weight is 365 g/mol. The van der Waals surface area contributed by atoms with Crippen LogP contribution in [0.25, 0.3) is 11.0 Å². The van der Waals surface area contributed by atoms with Crippen LogP contribution in [0.4, 0.5) is 0 Å². The molecule has 3 aromatic rings. The zero-order valence-electron chi connectivity index (χ0n) is 16.3. The minimum atomic E-state index is -0.410. The molecule has 1 atom stereocenters. The molecule has 0 aliphatic rings. The van der Waals surface area contributed by atoms with E-state index in [9.17, 15) is 9.90 Å². The highest BCUT2D eigenvalue weighted by Gasteiger charge is 2.17. The summed E-state index contributed by atoms with van der Waals surface area (Å²) >= 11 is 0. The molecule has 0 aliphatic heterocycles. The Hall–Kier alpha value is -2.59. The van der Waals surface area contributed by atoms with Crippen molar-refractivity contribution in [2.45, 2.75) is 46.2 Å². The maximum Gasteiger partial charge on any atom is 0.336 e. The normalized spacial score (nSPS) is 12.8. The molecule has 0 amide bonds. The smallest absolute Gasteiger partial charge is 0.336 e. The summed E-state index contributed by atoms with van der Waals surface area (Å²) in [6.07, 6.45) is 0. The average Bonchev–Trinajstić information content (AvgIpc) is 2.61. The Morgan fingerprint density at radius 2 is 1.63 bits per heavy atom. The van der Waals surface area contributed by atoms with Crippen molar-refractivity contribution < 1.29 is 9.52 Å². The van der Waals surface area contributed by atoms with Crippen LogP contribution in [0.3, 0.4) is 0 Å². The maximum absolute atomic E-state index is 11.9. The van der Waals surface area contributed by atoms with Gasteiger partial charge in [-0.1, -0.05) is 52.0 Å². The van der Waals surface area contributed by atoms with E-state index in [0.29, 0.717) is 24.0 Å². The van der Waals surface area contributed by atoms with Gasteiger partial charge in [-0.05, 0) is 40.7 Å². The summed E-state index contributed by atoms with van der Waals surface area (Å²) in [5.74, 6) is 0.988. The molecule has 1 heterocycles. The summed E-state index contributed by atoms with van der Waals surface area (Å²) < 4.78 is 5.21. The van der Waals surface area contributed by atoms with Crippen molar-refractivity contribution >= 4 is 11.0 Å². The van der Waals surface area contributed by atoms with Crippen LogP contribution in [0, 0.1) is 5.92 Å². The largest absolute Gasteiger partial charge is 0.508 e. The number of hydrogen-bond acceptors (Lipinski definition) is 4. The second kappa shape index (κ2) is 7.97. The quantitative estimate of drug-likeness (QED) is 0.596. The van der Waals surface area contributed by atoms with Crippen LogP contribution >= 0.6 is 0 Å². The van der Waals surface area contributed by atoms with Crippen molar-refractivity contribution in [3.63, 3.8) is 0 Å². The lowest BCUT2D eigenvalue weighted by molar-refractivity contribution is 0.410. The predicted molar refractivity (Wildman–Crippen MR) is 109 cm³/mol. The van der Waals surface area contributed by atoms with Gasteiger partial charge in [0.25, 0.3) is 0 Å². The fourth-order valence-electron chi connectivity index (χ4n) is 3.41. The van der Waals surface area contributed by atoms with Gasteiger partial charge in [-0.2, -0.15) is 0 Å². The molecule has 0 bridgehead atoms. The van der Waals surface area contributed by atoms with Gasteiger partial charge in [0.1, 0.15) is 11.3 Å². The lowest BCUT2D eigenvalue weighted by atomic mass is 9.93. The molecule has 1 aromatic heterocycles. The number of benzene rings is 2. The molecule has 0 aliphatic carbocycles. The van der Waals surface area contributed by atoms with Crippen LogP contribution in [-0.4, -0.2) is 5.11 Å². The van der Waals surface area contributed by atoms with Crippen molar-refractivity contribution in [1.82, 2.24) is 5.32 Å². The molecule has 0 unspecified atom stereocenters. The van der Waals surface area contributed by atoms with E-state index in [0.717, 1.165) is 10.9 Å². The van der Waals surface area contributed by atoms with Crippen LogP contribution in [-0.2, 0) is 6.54 Å². The van der Waals surface area contributed by atoms with Crippen LogP contribution in [0.1, 0.15) is 56.3 Å². The van der Waals surface area contributed by atoms with Gasteiger partial charge in [0.2, 0.25) is 0 Å². The van der Waals surface area contributed by atoms with E-state index in [1.165, 1.54) is 23.3 Å². The second-order valence-corrected chi connectivity index (χ2v) is 7.70. The molecule has 0 spiro atoms.